The smallest absolute Gasteiger partial charge is 0.185 e. The largest absolute Gasteiger partial charge is 0.346 e. The minimum atomic E-state index is 0.774. The van der Waals surface area contributed by atoms with Gasteiger partial charge in [-0.1, -0.05) is 29.8 Å². The second-order valence-corrected chi connectivity index (χ2v) is 9.44. The molecule has 3 aliphatic rings. The highest BCUT2D eigenvalue weighted by Gasteiger charge is 2.40. The second kappa shape index (κ2) is 7.36. The number of hydrogen-bond donors (Lipinski definition) is 0. The Labute approximate surface area is 170 Å². The zero-order valence-electron chi connectivity index (χ0n) is 15.9. The van der Waals surface area contributed by atoms with Crippen molar-refractivity contribution in [1.82, 2.24) is 14.8 Å². The van der Waals surface area contributed by atoms with E-state index in [1.165, 1.54) is 25.7 Å². The van der Waals surface area contributed by atoms with Gasteiger partial charge in [0.15, 0.2) is 5.13 Å². The van der Waals surface area contributed by atoms with E-state index in [4.69, 9.17) is 16.6 Å². The van der Waals surface area contributed by atoms with Crippen LogP contribution in [0.4, 0.5) is 5.13 Å². The van der Waals surface area contributed by atoms with Crippen LogP contribution in [0.2, 0.25) is 5.02 Å². The third kappa shape index (κ3) is 3.39. The van der Waals surface area contributed by atoms with Crippen molar-refractivity contribution in [1.29, 1.82) is 0 Å². The van der Waals surface area contributed by atoms with E-state index in [-0.39, 0.29) is 0 Å². The summed E-state index contributed by atoms with van der Waals surface area (Å²) in [5.41, 5.74) is 2.03. The molecule has 0 amide bonds. The Morgan fingerprint density at radius 3 is 2.41 bits per heavy atom. The molecule has 27 heavy (non-hydrogen) atoms. The lowest BCUT2D eigenvalue weighted by Crippen LogP contribution is -2.55. The molecule has 6 heteroatoms. The quantitative estimate of drug-likeness (QED) is 0.766. The van der Waals surface area contributed by atoms with Gasteiger partial charge >= 0.3 is 0 Å². The molecule has 5 rings (SSSR count). The summed E-state index contributed by atoms with van der Waals surface area (Å²) in [6.07, 6.45) is 5.53. The molecule has 0 N–H and O–H groups in total. The zero-order valence-corrected chi connectivity index (χ0v) is 17.4. The average molecular weight is 403 g/mol. The summed E-state index contributed by atoms with van der Waals surface area (Å²) in [5.74, 6) is 0. The summed E-state index contributed by atoms with van der Waals surface area (Å²) in [5, 5.41) is 4.04. The van der Waals surface area contributed by atoms with Gasteiger partial charge in [0.05, 0.1) is 5.69 Å². The van der Waals surface area contributed by atoms with Gasteiger partial charge in [-0.05, 0) is 38.8 Å². The summed E-state index contributed by atoms with van der Waals surface area (Å²) in [4.78, 5) is 12.7. The SMILES string of the molecule is CN1C2CCC1CC(N1CCN(c3nc(-c4ccccc4Cl)cs3)CC1)C2. The van der Waals surface area contributed by atoms with E-state index in [9.17, 15) is 0 Å². The number of fused-ring (bicyclic) bond motifs is 2. The van der Waals surface area contributed by atoms with Gasteiger partial charge in [0, 0.05) is 60.3 Å². The van der Waals surface area contributed by atoms with E-state index in [2.05, 4.69) is 27.1 Å². The Morgan fingerprint density at radius 1 is 1.00 bits per heavy atom. The number of piperazine rings is 1. The van der Waals surface area contributed by atoms with Crippen molar-refractivity contribution in [3.05, 3.63) is 34.7 Å². The first-order valence-corrected chi connectivity index (χ1v) is 11.4. The van der Waals surface area contributed by atoms with E-state index in [0.29, 0.717) is 0 Å². The number of halogens is 1. The van der Waals surface area contributed by atoms with Gasteiger partial charge in [-0.15, -0.1) is 11.3 Å². The summed E-state index contributed by atoms with van der Waals surface area (Å²) in [7, 11) is 2.33. The first-order chi connectivity index (χ1) is 13.2. The average Bonchev–Trinajstić information content (AvgIpc) is 3.23. The first kappa shape index (κ1) is 17.9. The topological polar surface area (TPSA) is 22.6 Å². The monoisotopic (exact) mass is 402 g/mol. The molecule has 3 saturated heterocycles. The summed E-state index contributed by atoms with van der Waals surface area (Å²) in [6.45, 7) is 4.48. The fourth-order valence-electron chi connectivity index (χ4n) is 5.16. The minimum absolute atomic E-state index is 0.774. The molecule has 3 aliphatic heterocycles. The van der Waals surface area contributed by atoms with Crippen LogP contribution in [-0.4, -0.2) is 66.1 Å². The van der Waals surface area contributed by atoms with Crippen molar-refractivity contribution < 1.29 is 0 Å². The fraction of sp³-hybridized carbons (Fsp3) is 0.571. The molecular weight excluding hydrogens is 376 g/mol. The van der Waals surface area contributed by atoms with Gasteiger partial charge in [-0.2, -0.15) is 0 Å². The zero-order chi connectivity index (χ0) is 18.4. The maximum atomic E-state index is 6.34. The van der Waals surface area contributed by atoms with Gasteiger partial charge in [0.2, 0.25) is 0 Å². The first-order valence-electron chi connectivity index (χ1n) is 10.1. The van der Waals surface area contributed by atoms with Crippen LogP contribution in [0.25, 0.3) is 11.3 Å². The maximum Gasteiger partial charge on any atom is 0.185 e. The van der Waals surface area contributed by atoms with Gasteiger partial charge in [-0.3, -0.25) is 4.90 Å². The third-order valence-electron chi connectivity index (χ3n) is 6.82. The van der Waals surface area contributed by atoms with Crippen molar-refractivity contribution in [3.8, 4) is 11.3 Å². The number of rotatable bonds is 3. The van der Waals surface area contributed by atoms with Crippen LogP contribution in [-0.2, 0) is 0 Å². The molecule has 144 valence electrons. The van der Waals surface area contributed by atoms with E-state index in [1.54, 1.807) is 11.3 Å². The van der Waals surface area contributed by atoms with Crippen molar-refractivity contribution in [3.63, 3.8) is 0 Å². The number of nitrogens with zero attached hydrogens (tertiary/aromatic N) is 4. The van der Waals surface area contributed by atoms with E-state index in [0.717, 1.165) is 65.7 Å². The van der Waals surface area contributed by atoms with Gasteiger partial charge in [0.25, 0.3) is 0 Å². The normalized spacial score (nSPS) is 29.4. The molecule has 1 aromatic heterocycles. The van der Waals surface area contributed by atoms with Crippen LogP contribution in [0, 0.1) is 0 Å². The minimum Gasteiger partial charge on any atom is -0.346 e. The molecule has 2 unspecified atom stereocenters. The van der Waals surface area contributed by atoms with E-state index < -0.39 is 0 Å². The van der Waals surface area contributed by atoms with Crippen LogP contribution in [0.15, 0.2) is 29.6 Å². The lowest BCUT2D eigenvalue weighted by atomic mass is 9.96. The van der Waals surface area contributed by atoms with Gasteiger partial charge in [0.1, 0.15) is 0 Å². The highest BCUT2D eigenvalue weighted by molar-refractivity contribution is 7.14. The van der Waals surface area contributed by atoms with Crippen molar-refractivity contribution >= 4 is 28.1 Å². The van der Waals surface area contributed by atoms with E-state index >= 15 is 0 Å². The third-order valence-corrected chi connectivity index (χ3v) is 8.05. The molecule has 1 aromatic carbocycles. The molecule has 2 atom stereocenters. The standard InChI is InChI=1S/C21H27ClN4S/c1-24-15-6-7-16(24)13-17(12-15)25-8-10-26(11-9-25)21-23-20(14-27-21)18-4-2-3-5-19(18)22/h2-5,14-17H,6-13H2,1H3. The predicted molar refractivity (Wildman–Crippen MR) is 114 cm³/mol. The number of anilines is 1. The molecule has 4 nitrogen and oxygen atoms in total. The molecule has 4 heterocycles. The Bertz CT molecular complexity index is 787. The molecule has 2 aromatic rings. The Kier molecular flexibility index (Phi) is 4.88. The Balaban J connectivity index is 1.22. The van der Waals surface area contributed by atoms with Gasteiger partial charge < -0.3 is 9.80 Å². The lowest BCUT2D eigenvalue weighted by Gasteiger charge is -2.45. The molecule has 0 saturated carbocycles. The van der Waals surface area contributed by atoms with Crippen LogP contribution < -0.4 is 4.90 Å². The van der Waals surface area contributed by atoms with Gasteiger partial charge in [-0.25, -0.2) is 4.98 Å². The number of aromatic nitrogens is 1. The van der Waals surface area contributed by atoms with Crippen LogP contribution >= 0.6 is 22.9 Å². The van der Waals surface area contributed by atoms with Crippen molar-refractivity contribution in [2.45, 2.75) is 43.8 Å². The molecular formula is C21H27ClN4S. The highest BCUT2D eigenvalue weighted by atomic mass is 35.5. The van der Waals surface area contributed by atoms with Crippen LogP contribution in [0.3, 0.4) is 0 Å². The predicted octanol–water partition coefficient (Wildman–Crippen LogP) is 4.21. The summed E-state index contributed by atoms with van der Waals surface area (Å²) >= 11 is 8.08. The summed E-state index contributed by atoms with van der Waals surface area (Å²) < 4.78 is 0. The molecule has 2 bridgehead atoms. The van der Waals surface area contributed by atoms with Crippen molar-refractivity contribution in [2.24, 2.45) is 0 Å². The number of thiazole rings is 1. The fourth-order valence-corrected chi connectivity index (χ4v) is 6.27. The highest BCUT2D eigenvalue weighted by Crippen LogP contribution is 2.37. The summed E-state index contributed by atoms with van der Waals surface area (Å²) in [6, 6.07) is 10.4. The van der Waals surface area contributed by atoms with Crippen molar-refractivity contribution in [2.75, 3.05) is 38.1 Å². The Hall–Kier alpha value is -1.14. The second-order valence-electron chi connectivity index (χ2n) is 8.19. The van der Waals surface area contributed by atoms with E-state index in [1.807, 2.05) is 24.3 Å². The molecule has 3 fully saturated rings. The molecule has 0 radical (unpaired) electrons. The number of benzene rings is 1. The Morgan fingerprint density at radius 2 is 1.70 bits per heavy atom. The maximum absolute atomic E-state index is 6.34. The molecule has 0 spiro atoms. The lowest BCUT2D eigenvalue weighted by molar-refractivity contribution is 0.0719. The van der Waals surface area contributed by atoms with Crippen LogP contribution in [0.1, 0.15) is 25.7 Å². The van der Waals surface area contributed by atoms with Crippen LogP contribution in [0.5, 0.6) is 0 Å². The molecule has 0 aliphatic carbocycles. The number of piperidine rings is 1. The number of hydrogen-bond acceptors (Lipinski definition) is 5.